The summed E-state index contributed by atoms with van der Waals surface area (Å²) < 4.78 is 15.3. The van der Waals surface area contributed by atoms with E-state index >= 15 is 0 Å². The van der Waals surface area contributed by atoms with E-state index in [1.165, 1.54) is 6.07 Å². The molecule has 0 amide bonds. The minimum Gasteiger partial charge on any atom is -0.399 e. The van der Waals surface area contributed by atoms with E-state index in [0.29, 0.717) is 17.7 Å². The summed E-state index contributed by atoms with van der Waals surface area (Å²) >= 11 is 0. The highest BCUT2D eigenvalue weighted by atomic mass is 19.1. The molecule has 0 atom stereocenters. The second kappa shape index (κ2) is 3.73. The summed E-state index contributed by atoms with van der Waals surface area (Å²) in [6.07, 6.45) is 3.99. The molecule has 1 heterocycles. The molecule has 0 radical (unpaired) electrons. The Labute approximate surface area is 87.4 Å². The van der Waals surface area contributed by atoms with Gasteiger partial charge in [-0.25, -0.2) is 9.37 Å². The summed E-state index contributed by atoms with van der Waals surface area (Å²) in [5, 5.41) is 0. The van der Waals surface area contributed by atoms with Gasteiger partial charge >= 0.3 is 0 Å². The van der Waals surface area contributed by atoms with Crippen molar-refractivity contribution in [2.75, 3.05) is 5.73 Å². The molecule has 0 spiro atoms. The first-order valence-electron chi connectivity index (χ1n) is 4.67. The van der Waals surface area contributed by atoms with Crippen LogP contribution in [-0.2, 0) is 13.5 Å². The van der Waals surface area contributed by atoms with Crippen molar-refractivity contribution in [2.24, 2.45) is 7.05 Å². The Morgan fingerprint density at radius 2 is 2.27 bits per heavy atom. The lowest BCUT2D eigenvalue weighted by Gasteiger charge is -2.04. The average molecular weight is 205 g/mol. The van der Waals surface area contributed by atoms with Crippen LogP contribution >= 0.6 is 0 Å². The number of aryl methyl sites for hydroxylation is 1. The molecular weight excluding hydrogens is 193 g/mol. The van der Waals surface area contributed by atoms with E-state index in [1.807, 2.05) is 17.8 Å². The van der Waals surface area contributed by atoms with Crippen LogP contribution in [0.1, 0.15) is 11.4 Å². The summed E-state index contributed by atoms with van der Waals surface area (Å²) in [6.45, 7) is 0. The van der Waals surface area contributed by atoms with E-state index in [2.05, 4.69) is 4.98 Å². The van der Waals surface area contributed by atoms with Crippen molar-refractivity contribution < 1.29 is 4.39 Å². The van der Waals surface area contributed by atoms with Gasteiger partial charge in [-0.05, 0) is 23.8 Å². The first kappa shape index (κ1) is 9.71. The molecule has 1 aromatic carbocycles. The Balaban J connectivity index is 2.32. The fraction of sp³-hybridized carbons (Fsp3) is 0.182. The van der Waals surface area contributed by atoms with Gasteiger partial charge in [0, 0.05) is 31.5 Å². The maximum atomic E-state index is 13.4. The van der Waals surface area contributed by atoms with Gasteiger partial charge in [0.2, 0.25) is 0 Å². The lowest BCUT2D eigenvalue weighted by Crippen LogP contribution is -2.01. The first-order chi connectivity index (χ1) is 7.16. The number of benzene rings is 1. The Morgan fingerprint density at radius 1 is 1.47 bits per heavy atom. The van der Waals surface area contributed by atoms with Gasteiger partial charge < -0.3 is 10.3 Å². The number of hydrogen-bond acceptors (Lipinski definition) is 2. The van der Waals surface area contributed by atoms with Crippen molar-refractivity contribution in [1.29, 1.82) is 0 Å². The number of imidazole rings is 1. The standard InChI is InChI=1S/C11H12FN3/c1-15-5-4-14-11(15)7-8-6-9(13)2-3-10(8)12/h2-6H,7,13H2,1H3. The van der Waals surface area contributed by atoms with Crippen LogP contribution in [0.15, 0.2) is 30.6 Å². The smallest absolute Gasteiger partial charge is 0.127 e. The lowest BCUT2D eigenvalue weighted by molar-refractivity contribution is 0.610. The van der Waals surface area contributed by atoms with Gasteiger partial charge in [-0.2, -0.15) is 0 Å². The molecule has 0 bridgehead atoms. The zero-order valence-electron chi connectivity index (χ0n) is 8.44. The molecule has 0 saturated heterocycles. The highest BCUT2D eigenvalue weighted by molar-refractivity contribution is 5.42. The number of anilines is 1. The number of rotatable bonds is 2. The molecule has 0 unspecified atom stereocenters. The summed E-state index contributed by atoms with van der Waals surface area (Å²) in [6, 6.07) is 4.58. The third kappa shape index (κ3) is 1.98. The van der Waals surface area contributed by atoms with Gasteiger partial charge in [0.1, 0.15) is 11.6 Å². The Hall–Kier alpha value is -1.84. The summed E-state index contributed by atoms with van der Waals surface area (Å²) in [5.41, 5.74) is 6.74. The summed E-state index contributed by atoms with van der Waals surface area (Å²) in [5.74, 6) is 0.576. The van der Waals surface area contributed by atoms with Crippen LogP contribution in [-0.4, -0.2) is 9.55 Å². The predicted molar refractivity (Wildman–Crippen MR) is 56.8 cm³/mol. The molecule has 2 N–H and O–H groups in total. The fourth-order valence-electron chi connectivity index (χ4n) is 1.47. The first-order valence-corrected chi connectivity index (χ1v) is 4.67. The van der Waals surface area contributed by atoms with Crippen molar-refractivity contribution in [3.05, 3.63) is 47.8 Å². The van der Waals surface area contributed by atoms with Gasteiger partial charge in [0.05, 0.1) is 0 Å². The largest absolute Gasteiger partial charge is 0.399 e. The van der Waals surface area contributed by atoms with Crippen LogP contribution in [0.2, 0.25) is 0 Å². The van der Waals surface area contributed by atoms with Crippen LogP contribution in [0.25, 0.3) is 0 Å². The minimum atomic E-state index is -0.243. The summed E-state index contributed by atoms with van der Waals surface area (Å²) in [4.78, 5) is 4.14. The number of hydrogen-bond donors (Lipinski definition) is 1. The Morgan fingerprint density at radius 3 is 2.93 bits per heavy atom. The Bertz CT molecular complexity index is 476. The molecule has 1 aromatic heterocycles. The van der Waals surface area contributed by atoms with Gasteiger partial charge in [0.15, 0.2) is 0 Å². The maximum Gasteiger partial charge on any atom is 0.127 e. The molecule has 2 aromatic rings. The molecule has 78 valence electrons. The molecule has 2 rings (SSSR count). The molecule has 4 heteroatoms. The molecule has 15 heavy (non-hydrogen) atoms. The summed E-state index contributed by atoms with van der Waals surface area (Å²) in [7, 11) is 1.88. The van der Waals surface area contributed by atoms with Crippen LogP contribution in [0.3, 0.4) is 0 Å². The number of nitrogens with two attached hydrogens (primary N) is 1. The number of nitrogen functional groups attached to an aromatic ring is 1. The van der Waals surface area contributed by atoms with Crippen molar-refractivity contribution in [1.82, 2.24) is 9.55 Å². The number of halogens is 1. The monoisotopic (exact) mass is 205 g/mol. The third-order valence-electron chi connectivity index (χ3n) is 2.34. The zero-order chi connectivity index (χ0) is 10.8. The molecule has 0 aliphatic carbocycles. The highest BCUT2D eigenvalue weighted by Crippen LogP contribution is 2.15. The molecular formula is C11H12FN3. The normalized spacial score (nSPS) is 10.5. The third-order valence-corrected chi connectivity index (χ3v) is 2.34. The van der Waals surface area contributed by atoms with E-state index in [1.54, 1.807) is 18.3 Å². The fourth-order valence-corrected chi connectivity index (χ4v) is 1.47. The second-order valence-electron chi connectivity index (χ2n) is 3.48. The van der Waals surface area contributed by atoms with Crippen molar-refractivity contribution in [2.45, 2.75) is 6.42 Å². The van der Waals surface area contributed by atoms with E-state index in [-0.39, 0.29) is 5.82 Å². The predicted octanol–water partition coefficient (Wildman–Crippen LogP) is 1.73. The SMILES string of the molecule is Cn1ccnc1Cc1cc(N)ccc1F. The van der Waals surface area contributed by atoms with Gasteiger partial charge in [-0.1, -0.05) is 0 Å². The number of nitrogens with zero attached hydrogens (tertiary/aromatic N) is 2. The molecule has 3 nitrogen and oxygen atoms in total. The molecule has 0 aliphatic rings. The molecule has 0 fully saturated rings. The van der Waals surface area contributed by atoms with Gasteiger partial charge in [-0.15, -0.1) is 0 Å². The molecule has 0 aliphatic heterocycles. The van der Waals surface area contributed by atoms with E-state index in [0.717, 1.165) is 5.82 Å². The average Bonchev–Trinajstić information content (AvgIpc) is 2.58. The maximum absolute atomic E-state index is 13.4. The van der Waals surface area contributed by atoms with Crippen LogP contribution < -0.4 is 5.73 Å². The van der Waals surface area contributed by atoms with Gasteiger partial charge in [0.25, 0.3) is 0 Å². The molecule has 0 saturated carbocycles. The topological polar surface area (TPSA) is 43.8 Å². The van der Waals surface area contributed by atoms with Crippen molar-refractivity contribution >= 4 is 5.69 Å². The second-order valence-corrected chi connectivity index (χ2v) is 3.48. The minimum absolute atomic E-state index is 0.243. The van der Waals surface area contributed by atoms with Crippen molar-refractivity contribution in [3.63, 3.8) is 0 Å². The Kier molecular flexibility index (Phi) is 2.41. The zero-order valence-corrected chi connectivity index (χ0v) is 8.44. The van der Waals surface area contributed by atoms with Crippen LogP contribution in [0.4, 0.5) is 10.1 Å². The van der Waals surface area contributed by atoms with Gasteiger partial charge in [-0.3, -0.25) is 0 Å². The quantitative estimate of drug-likeness (QED) is 0.759. The highest BCUT2D eigenvalue weighted by Gasteiger charge is 2.06. The van der Waals surface area contributed by atoms with Crippen molar-refractivity contribution in [3.8, 4) is 0 Å². The lowest BCUT2D eigenvalue weighted by atomic mass is 10.1. The van der Waals surface area contributed by atoms with E-state index in [9.17, 15) is 4.39 Å². The van der Waals surface area contributed by atoms with E-state index < -0.39 is 0 Å². The van der Waals surface area contributed by atoms with Crippen LogP contribution in [0.5, 0.6) is 0 Å². The number of aromatic nitrogens is 2. The van der Waals surface area contributed by atoms with E-state index in [4.69, 9.17) is 5.73 Å². The van der Waals surface area contributed by atoms with Crippen LogP contribution in [0, 0.1) is 5.82 Å².